The van der Waals surface area contributed by atoms with Gasteiger partial charge >= 0.3 is 12.1 Å². The number of nitrogens with zero attached hydrogens (tertiary/aromatic N) is 1. The first-order valence-electron chi connectivity index (χ1n) is 13.0. The van der Waals surface area contributed by atoms with Gasteiger partial charge in [-0.25, -0.2) is 9.18 Å². The highest BCUT2D eigenvalue weighted by atomic mass is 19.1. The Hall–Kier alpha value is -3.22. The quantitative estimate of drug-likeness (QED) is 0.548. The lowest BCUT2D eigenvalue weighted by Crippen LogP contribution is -2.48. The molecule has 5 rings (SSSR count). The summed E-state index contributed by atoms with van der Waals surface area (Å²) in [5, 5.41) is 3.00. The van der Waals surface area contributed by atoms with E-state index in [1.807, 2.05) is 31.2 Å². The fourth-order valence-corrected chi connectivity index (χ4v) is 6.64. The molecule has 1 aromatic heterocycles. The molecule has 36 heavy (non-hydrogen) atoms. The minimum atomic E-state index is -0.368. The van der Waals surface area contributed by atoms with Gasteiger partial charge < -0.3 is 14.8 Å². The number of hydrogen-bond donors (Lipinski definition) is 1. The van der Waals surface area contributed by atoms with Crippen LogP contribution in [0.1, 0.15) is 45.2 Å². The standard InChI is InChI=1S/C29H33FN2O4/c1-3-35-29(34)32-23-10-11-24-20(14-23)15-26-27(17(2)36-28(26)33)25(24)12-9-22-8-7-19(16-31-22)18-5-4-6-21(30)13-18/h4-9,12-13,16-17,20,23-27H,3,10-11,14-15H2,1-2H3,(H,32,34)/b12-9+/t17-,20+,23-,24-,25-,26-,27-/m0/s1. The van der Waals surface area contributed by atoms with Crippen molar-refractivity contribution >= 4 is 18.1 Å². The predicted octanol–water partition coefficient (Wildman–Crippen LogP) is 5.63. The van der Waals surface area contributed by atoms with Gasteiger partial charge in [-0.15, -0.1) is 0 Å². The zero-order valence-corrected chi connectivity index (χ0v) is 20.7. The summed E-state index contributed by atoms with van der Waals surface area (Å²) in [6, 6.07) is 10.4. The van der Waals surface area contributed by atoms with Crippen LogP contribution in [0.2, 0.25) is 0 Å². The van der Waals surface area contributed by atoms with Gasteiger partial charge in [0.15, 0.2) is 0 Å². The molecule has 1 N–H and O–H groups in total. The number of allylic oxidation sites excluding steroid dienone is 1. The molecule has 2 aliphatic carbocycles. The number of aromatic nitrogens is 1. The predicted molar refractivity (Wildman–Crippen MR) is 134 cm³/mol. The highest BCUT2D eigenvalue weighted by Crippen LogP contribution is 2.53. The number of nitrogens with one attached hydrogen (secondary N) is 1. The SMILES string of the molecule is CCOC(=O)N[C@H]1CC[C@H]2[C@H](C1)C[C@@H]1C(=O)O[C@@H](C)[C@H]1[C@H]2/C=C/c1ccc(-c2cccc(F)c2)cn1. The first-order valence-corrected chi connectivity index (χ1v) is 13.0. The number of carbonyl (C=O) groups excluding carboxylic acids is 2. The van der Waals surface area contributed by atoms with E-state index in [0.717, 1.165) is 42.5 Å². The first-order chi connectivity index (χ1) is 17.4. The van der Waals surface area contributed by atoms with Crippen LogP contribution in [0.15, 0.2) is 48.7 Å². The summed E-state index contributed by atoms with van der Waals surface area (Å²) < 4.78 is 24.3. The van der Waals surface area contributed by atoms with Gasteiger partial charge in [-0.3, -0.25) is 9.78 Å². The molecule has 6 nitrogen and oxygen atoms in total. The molecule has 3 fully saturated rings. The molecule has 0 bridgehead atoms. The molecule has 0 spiro atoms. The molecule has 2 heterocycles. The number of hydrogen-bond acceptors (Lipinski definition) is 5. The van der Waals surface area contributed by atoms with Gasteiger partial charge in [0.2, 0.25) is 0 Å². The lowest BCUT2D eigenvalue weighted by atomic mass is 9.57. The Morgan fingerprint density at radius 2 is 2.08 bits per heavy atom. The Morgan fingerprint density at radius 1 is 1.22 bits per heavy atom. The van der Waals surface area contributed by atoms with Crippen molar-refractivity contribution in [3.05, 3.63) is 60.2 Å². The van der Waals surface area contributed by atoms with Crippen molar-refractivity contribution in [1.82, 2.24) is 10.3 Å². The Kier molecular flexibility index (Phi) is 7.08. The van der Waals surface area contributed by atoms with Crippen LogP contribution in [0.25, 0.3) is 17.2 Å². The zero-order chi connectivity index (χ0) is 25.2. The summed E-state index contributed by atoms with van der Waals surface area (Å²) in [7, 11) is 0. The molecule has 7 atom stereocenters. The third-order valence-corrected chi connectivity index (χ3v) is 8.18. The number of benzene rings is 1. The second-order valence-corrected chi connectivity index (χ2v) is 10.3. The average Bonchev–Trinajstić information content (AvgIpc) is 3.15. The van der Waals surface area contributed by atoms with Gasteiger partial charge in [-0.1, -0.05) is 24.3 Å². The zero-order valence-electron chi connectivity index (χ0n) is 20.7. The number of pyridine rings is 1. The molecule has 3 aliphatic rings. The summed E-state index contributed by atoms with van der Waals surface area (Å²) in [4.78, 5) is 29.2. The van der Waals surface area contributed by atoms with E-state index >= 15 is 0 Å². The highest BCUT2D eigenvalue weighted by molar-refractivity contribution is 5.75. The third-order valence-electron chi connectivity index (χ3n) is 8.18. The van der Waals surface area contributed by atoms with E-state index in [1.165, 1.54) is 12.1 Å². The van der Waals surface area contributed by atoms with Crippen molar-refractivity contribution in [2.45, 2.75) is 51.7 Å². The molecule has 0 unspecified atom stereocenters. The van der Waals surface area contributed by atoms with E-state index in [2.05, 4.69) is 16.4 Å². The molecule has 190 valence electrons. The second-order valence-electron chi connectivity index (χ2n) is 10.3. The smallest absolute Gasteiger partial charge is 0.407 e. The monoisotopic (exact) mass is 492 g/mol. The van der Waals surface area contributed by atoms with Crippen LogP contribution < -0.4 is 5.32 Å². The Bertz CT molecular complexity index is 1130. The molecule has 1 aromatic carbocycles. The van der Waals surface area contributed by atoms with E-state index in [0.29, 0.717) is 18.4 Å². The molecular formula is C29H33FN2O4. The fraction of sp³-hybridized carbons (Fsp3) is 0.483. The van der Waals surface area contributed by atoms with Crippen molar-refractivity contribution in [2.24, 2.45) is 29.6 Å². The van der Waals surface area contributed by atoms with Gasteiger partial charge in [-0.2, -0.15) is 0 Å². The Morgan fingerprint density at radius 3 is 2.83 bits per heavy atom. The number of carbonyl (C=O) groups is 2. The molecule has 1 amide bonds. The maximum atomic E-state index is 13.6. The average molecular weight is 493 g/mol. The number of cyclic esters (lactones) is 1. The number of esters is 1. The first kappa shape index (κ1) is 24.5. The number of fused-ring (bicyclic) bond motifs is 2. The highest BCUT2D eigenvalue weighted by Gasteiger charge is 2.54. The fourth-order valence-electron chi connectivity index (χ4n) is 6.64. The van der Waals surface area contributed by atoms with Crippen LogP contribution in [0, 0.1) is 35.4 Å². The number of amides is 1. The van der Waals surface area contributed by atoms with Crippen molar-refractivity contribution in [3.63, 3.8) is 0 Å². The Labute approximate surface area is 211 Å². The number of halogens is 1. The van der Waals surface area contributed by atoms with Crippen molar-refractivity contribution in [1.29, 1.82) is 0 Å². The molecule has 0 radical (unpaired) electrons. The van der Waals surface area contributed by atoms with E-state index in [9.17, 15) is 14.0 Å². The maximum Gasteiger partial charge on any atom is 0.407 e. The van der Waals surface area contributed by atoms with Gasteiger partial charge in [0.05, 0.1) is 18.2 Å². The lowest BCUT2D eigenvalue weighted by molar-refractivity contribution is -0.144. The van der Waals surface area contributed by atoms with E-state index < -0.39 is 0 Å². The number of alkyl carbamates (subject to hydrolysis) is 1. The van der Waals surface area contributed by atoms with E-state index in [4.69, 9.17) is 9.47 Å². The third kappa shape index (κ3) is 5.01. The summed E-state index contributed by atoms with van der Waals surface area (Å²) in [5.74, 6) is 0.629. The molecule has 1 saturated heterocycles. The lowest BCUT2D eigenvalue weighted by Gasteiger charge is -2.47. The summed E-state index contributed by atoms with van der Waals surface area (Å²) >= 11 is 0. The van der Waals surface area contributed by atoms with Gasteiger partial charge in [-0.05, 0) is 87.1 Å². The number of ether oxygens (including phenoxy) is 2. The second kappa shape index (κ2) is 10.4. The van der Waals surface area contributed by atoms with Gasteiger partial charge in [0, 0.05) is 23.7 Å². The molecule has 7 heteroatoms. The summed E-state index contributed by atoms with van der Waals surface area (Å²) in [5.41, 5.74) is 2.48. The topological polar surface area (TPSA) is 77.5 Å². The van der Waals surface area contributed by atoms with Crippen LogP contribution in [-0.4, -0.2) is 35.8 Å². The van der Waals surface area contributed by atoms with Crippen LogP contribution in [0.4, 0.5) is 9.18 Å². The van der Waals surface area contributed by atoms with E-state index in [1.54, 1.807) is 19.2 Å². The van der Waals surface area contributed by atoms with Crippen LogP contribution in [-0.2, 0) is 14.3 Å². The summed E-state index contributed by atoms with van der Waals surface area (Å²) in [6.45, 7) is 4.15. The van der Waals surface area contributed by atoms with Gasteiger partial charge in [0.25, 0.3) is 0 Å². The molecule has 2 saturated carbocycles. The van der Waals surface area contributed by atoms with Gasteiger partial charge in [0.1, 0.15) is 11.9 Å². The van der Waals surface area contributed by atoms with Crippen molar-refractivity contribution in [2.75, 3.05) is 6.61 Å². The largest absolute Gasteiger partial charge is 0.462 e. The molecular weight excluding hydrogens is 459 g/mol. The number of rotatable bonds is 5. The minimum absolute atomic E-state index is 0.0679. The van der Waals surface area contributed by atoms with Crippen molar-refractivity contribution < 1.29 is 23.5 Å². The summed E-state index contributed by atoms with van der Waals surface area (Å²) in [6.07, 6.45) is 9.07. The Balaban J connectivity index is 1.34. The minimum Gasteiger partial charge on any atom is -0.462 e. The molecule has 1 aliphatic heterocycles. The van der Waals surface area contributed by atoms with Crippen LogP contribution in [0.5, 0.6) is 0 Å². The molecule has 2 aromatic rings. The van der Waals surface area contributed by atoms with Crippen molar-refractivity contribution in [3.8, 4) is 11.1 Å². The van der Waals surface area contributed by atoms with E-state index in [-0.39, 0.29) is 47.8 Å². The van der Waals surface area contributed by atoms with Crippen LogP contribution >= 0.6 is 0 Å². The van der Waals surface area contributed by atoms with Crippen LogP contribution in [0.3, 0.4) is 0 Å². The maximum absolute atomic E-state index is 13.6. The normalized spacial score (nSPS) is 31.4.